The van der Waals surface area contributed by atoms with E-state index < -0.39 is 0 Å². The Balaban J connectivity index is 0.00000243. The van der Waals surface area contributed by atoms with Crippen LogP contribution in [0.4, 0.5) is 0 Å². The first-order valence-corrected chi connectivity index (χ1v) is 9.77. The molecule has 2 bridgehead atoms. The highest BCUT2D eigenvalue weighted by Crippen LogP contribution is 2.42. The van der Waals surface area contributed by atoms with Gasteiger partial charge in [0.1, 0.15) is 0 Å². The number of benzene rings is 1. The van der Waals surface area contributed by atoms with E-state index in [1.54, 1.807) is 0 Å². The minimum atomic E-state index is 0. The Morgan fingerprint density at radius 2 is 1.69 bits per heavy atom. The van der Waals surface area contributed by atoms with Gasteiger partial charge in [-0.15, -0.1) is 12.4 Å². The Morgan fingerprint density at radius 1 is 1.08 bits per heavy atom. The van der Waals surface area contributed by atoms with Crippen LogP contribution in [0.5, 0.6) is 0 Å². The van der Waals surface area contributed by atoms with Gasteiger partial charge in [0.15, 0.2) is 0 Å². The zero-order chi connectivity index (χ0) is 17.8. The zero-order valence-corrected chi connectivity index (χ0v) is 17.0. The summed E-state index contributed by atoms with van der Waals surface area (Å²) in [5.41, 5.74) is 7.62. The Labute approximate surface area is 164 Å². The Hall–Kier alpha value is -1.10. The molecule has 2 N–H and O–H groups in total. The third kappa shape index (κ3) is 5.21. The van der Waals surface area contributed by atoms with Crippen molar-refractivity contribution in [2.75, 3.05) is 27.2 Å². The fourth-order valence-corrected chi connectivity index (χ4v) is 4.64. The van der Waals surface area contributed by atoms with E-state index in [1.165, 1.54) is 24.8 Å². The summed E-state index contributed by atoms with van der Waals surface area (Å²) in [5.74, 6) is 1.61. The molecule has 0 radical (unpaired) electrons. The largest absolute Gasteiger partial charge is 0.337 e. The first-order chi connectivity index (χ1) is 12.0. The number of halogens is 1. The number of hydrogen-bond donors (Lipinski definition) is 1. The lowest BCUT2D eigenvalue weighted by molar-refractivity contribution is -0.139. The van der Waals surface area contributed by atoms with E-state index in [4.69, 9.17) is 5.73 Å². The Kier molecular flexibility index (Phi) is 7.93. The second kappa shape index (κ2) is 9.72. The van der Waals surface area contributed by atoms with E-state index >= 15 is 0 Å². The molecule has 0 spiro atoms. The maximum atomic E-state index is 13.3. The van der Waals surface area contributed by atoms with Crippen LogP contribution in [0.25, 0.3) is 0 Å². The summed E-state index contributed by atoms with van der Waals surface area (Å²) in [6.45, 7) is 2.40. The molecule has 0 aromatic heterocycles. The summed E-state index contributed by atoms with van der Waals surface area (Å²) < 4.78 is 0. The van der Waals surface area contributed by atoms with Gasteiger partial charge in [0, 0.05) is 31.6 Å². The van der Waals surface area contributed by atoms with Gasteiger partial charge in [0.25, 0.3) is 0 Å². The molecule has 0 saturated heterocycles. The van der Waals surface area contributed by atoms with Gasteiger partial charge in [-0.1, -0.05) is 36.8 Å². The predicted molar refractivity (Wildman–Crippen MR) is 109 cm³/mol. The monoisotopic (exact) mass is 379 g/mol. The summed E-state index contributed by atoms with van der Waals surface area (Å²) >= 11 is 0. The second-order valence-electron chi connectivity index (χ2n) is 8.25. The van der Waals surface area contributed by atoms with Crippen molar-refractivity contribution in [2.45, 2.75) is 44.7 Å². The van der Waals surface area contributed by atoms with Gasteiger partial charge >= 0.3 is 0 Å². The van der Waals surface area contributed by atoms with E-state index in [2.05, 4.69) is 36.0 Å². The molecular formula is C21H34ClN3O. The number of nitrogens with zero attached hydrogens (tertiary/aromatic N) is 2. The lowest BCUT2D eigenvalue weighted by Crippen LogP contribution is -2.50. The summed E-state index contributed by atoms with van der Waals surface area (Å²) in [7, 11) is 4.13. The highest BCUT2D eigenvalue weighted by Gasteiger charge is 2.41. The van der Waals surface area contributed by atoms with Gasteiger partial charge in [-0.25, -0.2) is 0 Å². The minimum absolute atomic E-state index is 0. The lowest BCUT2D eigenvalue weighted by atomic mass is 9.65. The molecule has 1 aromatic rings. The Bertz CT molecular complexity index is 552. The van der Waals surface area contributed by atoms with E-state index in [0.29, 0.717) is 30.3 Å². The van der Waals surface area contributed by atoms with E-state index in [9.17, 15) is 4.79 Å². The highest BCUT2D eigenvalue weighted by molar-refractivity contribution is 5.85. The van der Waals surface area contributed by atoms with Crippen LogP contribution in [-0.4, -0.2) is 48.9 Å². The van der Waals surface area contributed by atoms with Crippen LogP contribution < -0.4 is 5.73 Å². The van der Waals surface area contributed by atoms with Crippen LogP contribution in [0.1, 0.15) is 37.7 Å². The number of rotatable bonds is 6. The van der Waals surface area contributed by atoms with Crippen LogP contribution in [0.2, 0.25) is 0 Å². The Morgan fingerprint density at radius 3 is 2.27 bits per heavy atom. The number of carbonyl (C=O) groups is 1. The third-order valence-electron chi connectivity index (χ3n) is 6.11. The van der Waals surface area contributed by atoms with Crippen molar-refractivity contribution in [3.8, 4) is 0 Å². The molecule has 26 heavy (non-hydrogen) atoms. The van der Waals surface area contributed by atoms with Crippen molar-refractivity contribution >= 4 is 18.3 Å². The van der Waals surface area contributed by atoms with E-state index in [-0.39, 0.29) is 18.3 Å². The normalized spacial score (nSPS) is 27.7. The fraction of sp³-hybridized carbons (Fsp3) is 0.667. The molecule has 0 aliphatic heterocycles. The molecule has 146 valence electrons. The average molecular weight is 380 g/mol. The van der Waals surface area contributed by atoms with E-state index in [1.807, 2.05) is 18.2 Å². The summed E-state index contributed by atoms with van der Waals surface area (Å²) in [6, 6.07) is 10.7. The molecule has 2 fully saturated rings. The number of carbonyl (C=O) groups excluding carboxylic acids is 1. The number of hydrogen-bond acceptors (Lipinski definition) is 3. The van der Waals surface area contributed by atoms with Gasteiger partial charge in [-0.2, -0.15) is 0 Å². The van der Waals surface area contributed by atoms with Crippen molar-refractivity contribution in [2.24, 2.45) is 23.5 Å². The molecular weight excluding hydrogens is 346 g/mol. The predicted octanol–water partition coefficient (Wildman–Crippen LogP) is 3.15. The molecule has 4 nitrogen and oxygen atoms in total. The number of fused-ring (bicyclic) bond motifs is 2. The smallest absolute Gasteiger partial charge is 0.226 e. The fourth-order valence-electron chi connectivity index (χ4n) is 4.64. The standard InChI is InChI=1S/C21H33N3O.ClH/c1-23(2)11-12-24(15-16-7-4-3-5-8-16)21(25)19-13-17-9-6-10-18(14-19)20(17)22;/h3-5,7-8,17-20H,6,9-15,22H2,1-2H3;1H. The van der Waals surface area contributed by atoms with Gasteiger partial charge in [-0.3, -0.25) is 4.79 Å². The van der Waals surface area contributed by atoms with Gasteiger partial charge < -0.3 is 15.5 Å². The summed E-state index contributed by atoms with van der Waals surface area (Å²) in [5, 5.41) is 0. The molecule has 5 heteroatoms. The molecule has 2 aliphatic carbocycles. The van der Waals surface area contributed by atoms with Crippen molar-refractivity contribution < 1.29 is 4.79 Å². The molecule has 1 amide bonds. The molecule has 1 aromatic carbocycles. The van der Waals surface area contributed by atoms with Gasteiger partial charge in [0.05, 0.1) is 0 Å². The third-order valence-corrected chi connectivity index (χ3v) is 6.11. The zero-order valence-electron chi connectivity index (χ0n) is 16.1. The highest BCUT2D eigenvalue weighted by atomic mass is 35.5. The van der Waals surface area contributed by atoms with Crippen LogP contribution in [0.3, 0.4) is 0 Å². The van der Waals surface area contributed by atoms with Crippen molar-refractivity contribution in [3.05, 3.63) is 35.9 Å². The first kappa shape index (κ1) is 21.2. The van der Waals surface area contributed by atoms with Crippen LogP contribution in [0, 0.1) is 17.8 Å². The van der Waals surface area contributed by atoms with E-state index in [0.717, 1.165) is 25.9 Å². The molecule has 2 atom stereocenters. The second-order valence-corrected chi connectivity index (χ2v) is 8.25. The molecule has 0 heterocycles. The van der Waals surface area contributed by atoms with Crippen LogP contribution in [-0.2, 0) is 11.3 Å². The number of nitrogens with two attached hydrogens (primary N) is 1. The summed E-state index contributed by atoms with van der Waals surface area (Å²) in [6.07, 6.45) is 5.68. The SMILES string of the molecule is CN(C)CCN(Cc1ccccc1)C(=O)C1CC2CCCC(C1)C2N.Cl. The first-order valence-electron chi connectivity index (χ1n) is 9.77. The van der Waals surface area contributed by atoms with Crippen molar-refractivity contribution in [3.63, 3.8) is 0 Å². The number of likely N-dealkylation sites (N-methyl/N-ethyl adjacent to an activating group) is 1. The minimum Gasteiger partial charge on any atom is -0.337 e. The topological polar surface area (TPSA) is 49.6 Å². The van der Waals surface area contributed by atoms with Crippen LogP contribution >= 0.6 is 12.4 Å². The molecule has 2 unspecified atom stereocenters. The lowest BCUT2D eigenvalue weighted by Gasteiger charge is -2.44. The number of amides is 1. The molecule has 2 aliphatic rings. The quantitative estimate of drug-likeness (QED) is 0.825. The average Bonchev–Trinajstić information content (AvgIpc) is 2.58. The van der Waals surface area contributed by atoms with Gasteiger partial charge in [0.2, 0.25) is 5.91 Å². The van der Waals surface area contributed by atoms with Crippen molar-refractivity contribution in [1.29, 1.82) is 0 Å². The van der Waals surface area contributed by atoms with Gasteiger partial charge in [-0.05, 0) is 57.2 Å². The van der Waals surface area contributed by atoms with Crippen molar-refractivity contribution in [1.82, 2.24) is 9.80 Å². The molecule has 3 rings (SSSR count). The maximum Gasteiger partial charge on any atom is 0.226 e. The summed E-state index contributed by atoms with van der Waals surface area (Å²) in [4.78, 5) is 17.5. The molecule has 2 saturated carbocycles. The van der Waals surface area contributed by atoms with Crippen LogP contribution in [0.15, 0.2) is 30.3 Å². The maximum absolute atomic E-state index is 13.3.